The molecule has 2 N–H and O–H groups in total. The first-order chi connectivity index (χ1) is 14.5. The molecule has 1 aliphatic rings. The molecule has 0 radical (unpaired) electrons. The van der Waals surface area contributed by atoms with Crippen LogP contribution in [0.3, 0.4) is 0 Å². The van der Waals surface area contributed by atoms with E-state index in [9.17, 15) is 14.4 Å². The van der Waals surface area contributed by atoms with Crippen LogP contribution in [0.4, 0.5) is 0 Å². The van der Waals surface area contributed by atoms with Gasteiger partial charge in [-0.2, -0.15) is 5.10 Å². The molecule has 3 aromatic rings. The number of nitrogens with one attached hydrogen (secondary N) is 2. The highest BCUT2D eigenvalue weighted by atomic mass is 16.2. The smallest absolute Gasteiger partial charge is 0.272 e. The van der Waals surface area contributed by atoms with Crippen LogP contribution in [-0.2, 0) is 6.54 Å². The van der Waals surface area contributed by atoms with Gasteiger partial charge in [-0.15, -0.1) is 0 Å². The Balaban J connectivity index is 1.41. The molecule has 2 aromatic carbocycles. The van der Waals surface area contributed by atoms with Crippen molar-refractivity contribution in [2.75, 3.05) is 33.2 Å². The number of H-pyrrole nitrogens is 1. The third kappa shape index (κ3) is 4.08. The summed E-state index contributed by atoms with van der Waals surface area (Å²) < 4.78 is 0. The number of aromatic amines is 1. The fourth-order valence-electron chi connectivity index (χ4n) is 3.51. The van der Waals surface area contributed by atoms with E-state index in [1.54, 1.807) is 36.4 Å². The van der Waals surface area contributed by atoms with Crippen molar-refractivity contribution in [3.8, 4) is 0 Å². The predicted molar refractivity (Wildman–Crippen MR) is 113 cm³/mol. The van der Waals surface area contributed by atoms with E-state index in [0.717, 1.165) is 31.7 Å². The molecule has 0 atom stereocenters. The summed E-state index contributed by atoms with van der Waals surface area (Å²) in [5.74, 6) is -0.345. The number of fused-ring (bicyclic) bond motifs is 1. The van der Waals surface area contributed by atoms with E-state index < -0.39 is 0 Å². The number of rotatable bonds is 4. The van der Waals surface area contributed by atoms with Crippen molar-refractivity contribution >= 4 is 22.6 Å². The first kappa shape index (κ1) is 19.8. The minimum Gasteiger partial charge on any atom is -0.347 e. The largest absolute Gasteiger partial charge is 0.347 e. The van der Waals surface area contributed by atoms with Gasteiger partial charge >= 0.3 is 0 Å². The first-order valence-corrected chi connectivity index (χ1v) is 9.85. The molecule has 154 valence electrons. The molecule has 4 rings (SSSR count). The normalized spacial score (nSPS) is 14.6. The van der Waals surface area contributed by atoms with Gasteiger partial charge in [0.05, 0.1) is 5.39 Å². The van der Waals surface area contributed by atoms with E-state index in [1.807, 2.05) is 17.0 Å². The summed E-state index contributed by atoms with van der Waals surface area (Å²) >= 11 is 0. The van der Waals surface area contributed by atoms with E-state index in [-0.39, 0.29) is 29.6 Å². The van der Waals surface area contributed by atoms with E-state index in [1.165, 1.54) is 0 Å². The van der Waals surface area contributed by atoms with Gasteiger partial charge in [-0.05, 0) is 30.8 Å². The Kier molecular flexibility index (Phi) is 5.58. The number of hydrogen-bond acceptors (Lipinski definition) is 5. The Morgan fingerprint density at radius 1 is 1.00 bits per heavy atom. The quantitative estimate of drug-likeness (QED) is 0.681. The second-order valence-corrected chi connectivity index (χ2v) is 7.42. The summed E-state index contributed by atoms with van der Waals surface area (Å²) in [4.78, 5) is 41.1. The van der Waals surface area contributed by atoms with Crippen molar-refractivity contribution in [3.05, 3.63) is 75.7 Å². The molecule has 0 unspecified atom stereocenters. The SMILES string of the molecule is CN1CCN(C(=O)c2ccc(CNC(=O)c3n[nH]c(=O)c4ccccc34)cc2)CC1. The average molecular weight is 405 g/mol. The van der Waals surface area contributed by atoms with Gasteiger partial charge in [0.15, 0.2) is 5.69 Å². The van der Waals surface area contributed by atoms with Crippen molar-refractivity contribution in [2.24, 2.45) is 0 Å². The zero-order valence-corrected chi connectivity index (χ0v) is 16.7. The average Bonchev–Trinajstić information content (AvgIpc) is 2.78. The predicted octanol–water partition coefficient (Wildman–Crippen LogP) is 1.24. The molecule has 1 aromatic heterocycles. The van der Waals surface area contributed by atoms with Crippen molar-refractivity contribution in [3.63, 3.8) is 0 Å². The van der Waals surface area contributed by atoms with Crippen LogP contribution in [0.2, 0.25) is 0 Å². The zero-order valence-electron chi connectivity index (χ0n) is 16.7. The molecule has 0 saturated carbocycles. The van der Waals surface area contributed by atoms with E-state index in [2.05, 4.69) is 27.5 Å². The first-order valence-electron chi connectivity index (χ1n) is 9.85. The molecule has 1 fully saturated rings. The van der Waals surface area contributed by atoms with Gasteiger partial charge in [0.2, 0.25) is 0 Å². The highest BCUT2D eigenvalue weighted by Gasteiger charge is 2.20. The number of carbonyl (C=O) groups is 2. The van der Waals surface area contributed by atoms with E-state index >= 15 is 0 Å². The summed E-state index contributed by atoms with van der Waals surface area (Å²) in [6.45, 7) is 3.50. The minimum atomic E-state index is -0.375. The maximum Gasteiger partial charge on any atom is 0.272 e. The summed E-state index contributed by atoms with van der Waals surface area (Å²) in [6, 6.07) is 14.1. The zero-order chi connectivity index (χ0) is 21.1. The van der Waals surface area contributed by atoms with Crippen LogP contribution < -0.4 is 10.9 Å². The number of piperazine rings is 1. The Hall–Kier alpha value is -3.52. The lowest BCUT2D eigenvalue weighted by Crippen LogP contribution is -2.47. The number of carbonyl (C=O) groups excluding carboxylic acids is 2. The standard InChI is InChI=1S/C22H23N5O3/c1-26-10-12-27(13-11-26)22(30)16-8-6-15(7-9-16)14-23-21(29)19-17-4-2-3-5-18(17)20(28)25-24-19/h2-9H,10-14H2,1H3,(H,23,29)(H,25,28). The Bertz CT molecular complexity index is 1130. The number of likely N-dealkylation sites (N-methyl/N-ethyl adjacent to an activating group) is 1. The topological polar surface area (TPSA) is 98.4 Å². The number of aromatic nitrogens is 2. The molecule has 1 saturated heterocycles. The van der Waals surface area contributed by atoms with Crippen LogP contribution in [0.5, 0.6) is 0 Å². The van der Waals surface area contributed by atoms with Gasteiger partial charge in [-0.25, -0.2) is 5.10 Å². The maximum atomic E-state index is 12.6. The van der Waals surface area contributed by atoms with Crippen LogP contribution in [0.25, 0.3) is 10.8 Å². The molecule has 0 bridgehead atoms. The van der Waals surface area contributed by atoms with Crippen molar-refractivity contribution in [2.45, 2.75) is 6.54 Å². The lowest BCUT2D eigenvalue weighted by Gasteiger charge is -2.32. The van der Waals surface area contributed by atoms with Crippen molar-refractivity contribution in [1.82, 2.24) is 25.3 Å². The van der Waals surface area contributed by atoms with Gasteiger partial charge < -0.3 is 15.1 Å². The van der Waals surface area contributed by atoms with Gasteiger partial charge in [-0.1, -0.05) is 30.3 Å². The summed E-state index contributed by atoms with van der Waals surface area (Å²) in [7, 11) is 2.05. The molecule has 8 heteroatoms. The van der Waals surface area contributed by atoms with Crippen LogP contribution in [0.1, 0.15) is 26.4 Å². The molecular weight excluding hydrogens is 382 g/mol. The van der Waals surface area contributed by atoms with Gasteiger partial charge in [0, 0.05) is 43.7 Å². The summed E-state index contributed by atoms with van der Waals surface area (Å²) in [6.07, 6.45) is 0. The molecular formula is C22H23N5O3. The lowest BCUT2D eigenvalue weighted by molar-refractivity contribution is 0.0664. The third-order valence-corrected chi connectivity index (χ3v) is 5.36. The minimum absolute atomic E-state index is 0.0302. The van der Waals surface area contributed by atoms with Crippen LogP contribution in [0, 0.1) is 0 Å². The van der Waals surface area contributed by atoms with Gasteiger partial charge in [0.25, 0.3) is 17.4 Å². The summed E-state index contributed by atoms with van der Waals surface area (Å²) in [5, 5.41) is 10.0. The van der Waals surface area contributed by atoms with Crippen LogP contribution in [0.15, 0.2) is 53.3 Å². The molecule has 0 aliphatic carbocycles. The van der Waals surface area contributed by atoms with Crippen molar-refractivity contribution < 1.29 is 9.59 Å². The molecule has 30 heavy (non-hydrogen) atoms. The highest BCUT2D eigenvalue weighted by molar-refractivity contribution is 6.04. The fraction of sp³-hybridized carbons (Fsp3) is 0.273. The lowest BCUT2D eigenvalue weighted by atomic mass is 10.1. The van der Waals surface area contributed by atoms with Crippen LogP contribution in [-0.4, -0.2) is 65.0 Å². The molecule has 0 spiro atoms. The van der Waals surface area contributed by atoms with E-state index in [0.29, 0.717) is 16.3 Å². The third-order valence-electron chi connectivity index (χ3n) is 5.36. The van der Waals surface area contributed by atoms with Crippen molar-refractivity contribution in [1.29, 1.82) is 0 Å². The summed E-state index contributed by atoms with van der Waals surface area (Å²) in [5.41, 5.74) is 1.35. The highest BCUT2D eigenvalue weighted by Crippen LogP contribution is 2.13. The van der Waals surface area contributed by atoms with Gasteiger partial charge in [-0.3, -0.25) is 14.4 Å². The van der Waals surface area contributed by atoms with Gasteiger partial charge in [0.1, 0.15) is 0 Å². The Morgan fingerprint density at radius 2 is 1.67 bits per heavy atom. The number of benzene rings is 2. The van der Waals surface area contributed by atoms with Crippen LogP contribution >= 0.6 is 0 Å². The molecule has 8 nitrogen and oxygen atoms in total. The Morgan fingerprint density at radius 3 is 2.37 bits per heavy atom. The monoisotopic (exact) mass is 405 g/mol. The maximum absolute atomic E-state index is 12.6. The number of amides is 2. The molecule has 1 aliphatic heterocycles. The molecule has 2 heterocycles. The second-order valence-electron chi connectivity index (χ2n) is 7.42. The second kappa shape index (κ2) is 8.46. The fourth-order valence-corrected chi connectivity index (χ4v) is 3.51. The number of hydrogen-bond donors (Lipinski definition) is 2. The number of nitrogens with zero attached hydrogens (tertiary/aromatic N) is 3. The Labute approximate surface area is 173 Å². The molecule has 2 amide bonds. The van der Waals surface area contributed by atoms with E-state index in [4.69, 9.17) is 0 Å².